The number of rotatable bonds is 5. The van der Waals surface area contributed by atoms with Gasteiger partial charge in [0, 0.05) is 30.6 Å². The predicted molar refractivity (Wildman–Crippen MR) is 123 cm³/mol. The van der Waals surface area contributed by atoms with Crippen molar-refractivity contribution in [3.63, 3.8) is 0 Å². The van der Waals surface area contributed by atoms with Crippen molar-refractivity contribution < 1.29 is 9.53 Å². The molecule has 2 saturated heterocycles. The molecule has 1 aromatic heterocycles. The summed E-state index contributed by atoms with van der Waals surface area (Å²) in [5.41, 5.74) is 2.38. The Morgan fingerprint density at radius 3 is 2.55 bits per heavy atom. The van der Waals surface area contributed by atoms with E-state index in [2.05, 4.69) is 10.3 Å². The van der Waals surface area contributed by atoms with E-state index in [4.69, 9.17) is 4.74 Å². The SMILES string of the molecule is CCOc1ccc(-c2nc(CC(=O)N3CCC4(CCNC4)CC3)cs2)cc1.Cl.Cl. The van der Waals surface area contributed by atoms with E-state index in [1.54, 1.807) is 11.3 Å². The van der Waals surface area contributed by atoms with Crippen molar-refractivity contribution in [1.29, 1.82) is 0 Å². The maximum absolute atomic E-state index is 12.7. The first-order valence-electron chi connectivity index (χ1n) is 9.84. The number of halogens is 2. The van der Waals surface area contributed by atoms with Crippen LogP contribution in [-0.2, 0) is 11.2 Å². The third-order valence-corrected chi connectivity index (χ3v) is 6.75. The molecule has 0 unspecified atom stereocenters. The van der Waals surface area contributed by atoms with Crippen LogP contribution in [0.5, 0.6) is 5.75 Å². The summed E-state index contributed by atoms with van der Waals surface area (Å²) in [6.07, 6.45) is 3.91. The average molecular weight is 458 g/mol. The Morgan fingerprint density at radius 2 is 1.93 bits per heavy atom. The minimum atomic E-state index is 0. The number of amides is 1. The molecule has 2 aliphatic heterocycles. The molecule has 1 spiro atoms. The molecule has 2 fully saturated rings. The van der Waals surface area contributed by atoms with Crippen LogP contribution in [0.2, 0.25) is 0 Å². The van der Waals surface area contributed by atoms with Crippen LogP contribution >= 0.6 is 36.2 Å². The van der Waals surface area contributed by atoms with Crippen molar-refractivity contribution >= 4 is 42.1 Å². The quantitative estimate of drug-likeness (QED) is 0.730. The van der Waals surface area contributed by atoms with Crippen molar-refractivity contribution in [3.05, 3.63) is 35.3 Å². The molecule has 1 N–H and O–H groups in total. The molecule has 2 aromatic rings. The minimum Gasteiger partial charge on any atom is -0.494 e. The molecular formula is C21H29Cl2N3O2S. The molecule has 0 aliphatic carbocycles. The summed E-state index contributed by atoms with van der Waals surface area (Å²) in [7, 11) is 0. The second-order valence-electron chi connectivity index (χ2n) is 7.59. The maximum atomic E-state index is 12.7. The number of nitrogens with zero attached hydrogens (tertiary/aromatic N) is 2. The van der Waals surface area contributed by atoms with Crippen LogP contribution in [0, 0.1) is 5.41 Å². The van der Waals surface area contributed by atoms with E-state index in [-0.39, 0.29) is 30.7 Å². The van der Waals surface area contributed by atoms with Crippen LogP contribution in [0.3, 0.4) is 0 Å². The molecule has 0 saturated carbocycles. The van der Waals surface area contributed by atoms with Gasteiger partial charge >= 0.3 is 0 Å². The van der Waals surface area contributed by atoms with Crippen molar-refractivity contribution in [3.8, 4) is 16.3 Å². The lowest BCUT2D eigenvalue weighted by Crippen LogP contribution is -2.44. The van der Waals surface area contributed by atoms with Crippen LogP contribution in [0.25, 0.3) is 10.6 Å². The molecule has 0 atom stereocenters. The average Bonchev–Trinajstić information content (AvgIpc) is 3.33. The fourth-order valence-corrected chi connectivity index (χ4v) is 4.93. The van der Waals surface area contributed by atoms with Crippen molar-refractivity contribution in [1.82, 2.24) is 15.2 Å². The minimum absolute atomic E-state index is 0. The Kier molecular flexibility index (Phi) is 8.76. The van der Waals surface area contributed by atoms with Gasteiger partial charge < -0.3 is 15.0 Å². The number of piperidine rings is 1. The highest BCUT2D eigenvalue weighted by molar-refractivity contribution is 7.13. The number of nitrogens with one attached hydrogen (secondary N) is 1. The summed E-state index contributed by atoms with van der Waals surface area (Å²) in [5, 5.41) is 6.44. The Morgan fingerprint density at radius 1 is 1.21 bits per heavy atom. The van der Waals surface area contributed by atoms with Crippen molar-refractivity contribution in [2.45, 2.75) is 32.6 Å². The van der Waals surface area contributed by atoms with Crippen LogP contribution in [0.4, 0.5) is 0 Å². The first-order chi connectivity index (χ1) is 13.2. The fourth-order valence-electron chi connectivity index (χ4n) is 4.10. The number of likely N-dealkylation sites (tertiary alicyclic amines) is 1. The smallest absolute Gasteiger partial charge is 0.228 e. The van der Waals surface area contributed by atoms with Gasteiger partial charge in [0.2, 0.25) is 5.91 Å². The van der Waals surface area contributed by atoms with Gasteiger partial charge in [-0.3, -0.25) is 4.79 Å². The van der Waals surface area contributed by atoms with Gasteiger partial charge in [-0.1, -0.05) is 0 Å². The highest BCUT2D eigenvalue weighted by Crippen LogP contribution is 2.37. The number of hydrogen-bond donors (Lipinski definition) is 1. The van der Waals surface area contributed by atoms with Crippen molar-refractivity contribution in [2.24, 2.45) is 5.41 Å². The summed E-state index contributed by atoms with van der Waals surface area (Å²) >= 11 is 1.59. The second-order valence-corrected chi connectivity index (χ2v) is 8.44. The molecule has 1 amide bonds. The number of carbonyl (C=O) groups is 1. The summed E-state index contributed by atoms with van der Waals surface area (Å²) in [6.45, 7) is 6.66. The summed E-state index contributed by atoms with van der Waals surface area (Å²) in [5.74, 6) is 1.08. The standard InChI is InChI=1S/C21H27N3O2S.2ClH/c1-2-26-18-5-3-16(4-6-18)20-23-17(14-27-20)13-19(25)24-11-8-21(9-12-24)7-10-22-15-21;;/h3-6,14,22H,2,7-13,15H2,1H3;2*1H. The van der Waals surface area contributed by atoms with Gasteiger partial charge in [0.15, 0.2) is 0 Å². The maximum Gasteiger partial charge on any atom is 0.228 e. The number of benzene rings is 1. The molecule has 29 heavy (non-hydrogen) atoms. The van der Waals surface area contributed by atoms with E-state index in [0.29, 0.717) is 18.4 Å². The Balaban J connectivity index is 0.00000150. The van der Waals surface area contributed by atoms with E-state index in [1.165, 1.54) is 6.42 Å². The summed E-state index contributed by atoms with van der Waals surface area (Å²) in [4.78, 5) is 19.4. The molecule has 2 aliphatic rings. The van der Waals surface area contributed by atoms with Crippen LogP contribution in [0.1, 0.15) is 31.9 Å². The lowest BCUT2D eigenvalue weighted by Gasteiger charge is -2.38. The number of ether oxygens (including phenoxy) is 1. The van der Waals surface area contributed by atoms with Gasteiger partial charge in [0.25, 0.3) is 0 Å². The van der Waals surface area contributed by atoms with E-state index in [0.717, 1.165) is 61.0 Å². The Labute approximate surface area is 189 Å². The molecule has 1 aromatic carbocycles. The van der Waals surface area contributed by atoms with Gasteiger partial charge in [-0.15, -0.1) is 36.2 Å². The van der Waals surface area contributed by atoms with E-state index >= 15 is 0 Å². The molecular weight excluding hydrogens is 429 g/mol. The highest BCUT2D eigenvalue weighted by Gasteiger charge is 2.38. The van der Waals surface area contributed by atoms with Gasteiger partial charge in [-0.25, -0.2) is 4.98 Å². The number of hydrogen-bond acceptors (Lipinski definition) is 5. The molecule has 8 heteroatoms. The monoisotopic (exact) mass is 457 g/mol. The van der Waals surface area contributed by atoms with Gasteiger partial charge in [-0.2, -0.15) is 0 Å². The first-order valence-corrected chi connectivity index (χ1v) is 10.7. The fraction of sp³-hybridized carbons (Fsp3) is 0.524. The molecule has 0 radical (unpaired) electrons. The van der Waals surface area contributed by atoms with Gasteiger partial charge in [-0.05, 0) is 62.4 Å². The normalized spacial score (nSPS) is 17.5. The molecule has 4 rings (SSSR count). The zero-order valence-electron chi connectivity index (χ0n) is 16.7. The number of thiazole rings is 1. The lowest BCUT2D eigenvalue weighted by molar-refractivity contribution is -0.132. The molecule has 3 heterocycles. The largest absolute Gasteiger partial charge is 0.494 e. The van der Waals surface area contributed by atoms with E-state index in [9.17, 15) is 4.79 Å². The number of carbonyl (C=O) groups excluding carboxylic acids is 1. The molecule has 160 valence electrons. The van der Waals surface area contributed by atoms with Gasteiger partial charge in [0.1, 0.15) is 10.8 Å². The van der Waals surface area contributed by atoms with E-state index < -0.39 is 0 Å². The third-order valence-electron chi connectivity index (χ3n) is 5.81. The molecule has 5 nitrogen and oxygen atoms in total. The summed E-state index contributed by atoms with van der Waals surface area (Å²) in [6, 6.07) is 7.98. The topological polar surface area (TPSA) is 54.5 Å². The van der Waals surface area contributed by atoms with Gasteiger partial charge in [0.05, 0.1) is 18.7 Å². The Hall–Kier alpha value is -1.34. The Bertz CT molecular complexity index is 781. The third kappa shape index (κ3) is 5.63. The zero-order chi connectivity index (χ0) is 18.7. The van der Waals surface area contributed by atoms with E-state index in [1.807, 2.05) is 41.5 Å². The van der Waals surface area contributed by atoms with Crippen molar-refractivity contribution in [2.75, 3.05) is 32.8 Å². The van der Waals surface area contributed by atoms with Crippen LogP contribution in [0.15, 0.2) is 29.6 Å². The van der Waals surface area contributed by atoms with Crippen LogP contribution < -0.4 is 10.1 Å². The van der Waals surface area contributed by atoms with Crippen LogP contribution in [-0.4, -0.2) is 48.6 Å². The molecule has 0 bridgehead atoms. The first kappa shape index (κ1) is 23.9. The summed E-state index contributed by atoms with van der Waals surface area (Å²) < 4.78 is 5.49. The highest BCUT2D eigenvalue weighted by atomic mass is 35.5. The predicted octanol–water partition coefficient (Wildman–Crippen LogP) is 4.20. The lowest BCUT2D eigenvalue weighted by atomic mass is 9.78. The second kappa shape index (κ2) is 10.6. The zero-order valence-corrected chi connectivity index (χ0v) is 19.1. The number of aromatic nitrogens is 1.